The van der Waals surface area contributed by atoms with E-state index in [1.165, 1.54) is 6.33 Å². The van der Waals surface area contributed by atoms with Crippen molar-refractivity contribution < 1.29 is 14.9 Å². The van der Waals surface area contributed by atoms with Gasteiger partial charge in [-0.3, -0.25) is 0 Å². The lowest BCUT2D eigenvalue weighted by Crippen LogP contribution is -2.27. The first-order valence-corrected chi connectivity index (χ1v) is 6.09. The number of nitrogens with zero attached hydrogens (tertiary/aromatic N) is 4. The van der Waals surface area contributed by atoms with E-state index in [0.29, 0.717) is 29.7 Å². The van der Waals surface area contributed by atoms with Crippen LogP contribution in [0.2, 0.25) is 0 Å². The average molecular weight is 263 g/mol. The largest absolute Gasteiger partial charge is 0.390 e. The first-order valence-electron chi connectivity index (χ1n) is 6.09. The molecule has 2 unspecified atom stereocenters. The first-order chi connectivity index (χ1) is 9.12. The van der Waals surface area contributed by atoms with Gasteiger partial charge in [0.1, 0.15) is 17.7 Å². The Morgan fingerprint density at radius 2 is 2.16 bits per heavy atom. The van der Waals surface area contributed by atoms with E-state index in [1.54, 1.807) is 10.9 Å². The van der Waals surface area contributed by atoms with E-state index in [-0.39, 0.29) is 0 Å². The number of nitrogen functional groups attached to an aromatic ring is 1. The Hall–Kier alpha value is -1.77. The molecular weight excluding hydrogens is 250 g/mol. The van der Waals surface area contributed by atoms with Crippen molar-refractivity contribution in [2.45, 2.75) is 36.9 Å². The fourth-order valence-electron chi connectivity index (χ4n) is 2.74. The number of hydrogen-bond donors (Lipinski definition) is 3. The molecule has 19 heavy (non-hydrogen) atoms. The summed E-state index contributed by atoms with van der Waals surface area (Å²) in [5, 5.41) is 24.5. The zero-order chi connectivity index (χ0) is 13.2. The Kier molecular flexibility index (Phi) is 1.99. The molecule has 2 aromatic rings. The van der Waals surface area contributed by atoms with Crippen LogP contribution >= 0.6 is 0 Å². The van der Waals surface area contributed by atoms with Crippen LogP contribution in [0.1, 0.15) is 19.1 Å². The molecule has 4 atom stereocenters. The third-order valence-electron chi connectivity index (χ3n) is 3.96. The molecule has 8 nitrogen and oxygen atoms in total. The Labute approximate surface area is 107 Å². The van der Waals surface area contributed by atoms with Gasteiger partial charge in [-0.15, -0.1) is 0 Å². The number of aliphatic hydroxyl groups is 2. The van der Waals surface area contributed by atoms with Gasteiger partial charge in [-0.25, -0.2) is 14.6 Å². The fourth-order valence-corrected chi connectivity index (χ4v) is 2.74. The summed E-state index contributed by atoms with van der Waals surface area (Å²) in [5.74, 6) is 0.357. The summed E-state index contributed by atoms with van der Waals surface area (Å²) in [7, 11) is 0. The number of fused-ring (bicyclic) bond motifs is 1. The summed E-state index contributed by atoms with van der Waals surface area (Å²) in [4.78, 5) is 8.04. The molecule has 2 aromatic heterocycles. The maximum atomic E-state index is 10.0. The van der Waals surface area contributed by atoms with Gasteiger partial charge in [0.2, 0.25) is 0 Å². The average Bonchev–Trinajstić information content (AvgIpc) is 2.75. The van der Waals surface area contributed by atoms with Crippen molar-refractivity contribution in [2.24, 2.45) is 0 Å². The van der Waals surface area contributed by atoms with E-state index in [2.05, 4.69) is 15.1 Å². The highest BCUT2D eigenvalue weighted by Gasteiger charge is 2.65. The van der Waals surface area contributed by atoms with E-state index >= 15 is 0 Å². The van der Waals surface area contributed by atoms with Crippen molar-refractivity contribution >= 4 is 16.9 Å². The quantitative estimate of drug-likeness (QED) is 0.615. The first kappa shape index (κ1) is 11.1. The molecule has 2 fully saturated rings. The molecule has 0 radical (unpaired) electrons. The zero-order valence-corrected chi connectivity index (χ0v) is 9.97. The number of aromatic nitrogens is 4. The van der Waals surface area contributed by atoms with Gasteiger partial charge in [0.15, 0.2) is 11.9 Å². The Morgan fingerprint density at radius 1 is 1.37 bits per heavy atom. The fraction of sp³-hybridized carbons (Fsp3) is 0.545. The third-order valence-corrected chi connectivity index (χ3v) is 3.96. The predicted molar refractivity (Wildman–Crippen MR) is 63.8 cm³/mol. The molecule has 4 rings (SSSR count). The van der Waals surface area contributed by atoms with Crippen LogP contribution in [0.25, 0.3) is 11.0 Å². The predicted octanol–water partition coefficient (Wildman–Crippen LogP) is -0.808. The van der Waals surface area contributed by atoms with Gasteiger partial charge in [0.05, 0.1) is 23.8 Å². The maximum absolute atomic E-state index is 10.0. The number of ether oxygens (including phenoxy) is 1. The molecule has 1 saturated heterocycles. The van der Waals surface area contributed by atoms with Crippen molar-refractivity contribution in [1.82, 2.24) is 19.7 Å². The molecule has 0 bridgehead atoms. The molecular formula is C11H13N5O3. The van der Waals surface area contributed by atoms with Gasteiger partial charge in [-0.05, 0) is 0 Å². The minimum atomic E-state index is -0.818. The Bertz CT molecular complexity index is 659. The van der Waals surface area contributed by atoms with Crippen molar-refractivity contribution in [2.75, 3.05) is 5.73 Å². The zero-order valence-electron chi connectivity index (χ0n) is 9.97. The standard InChI is InChI=1S/C11H13N5O3/c12-9-5-3-15-16(10(5)14-4-13-9)8-1-6(17)11(19-8)2-7(11)18/h3-4,6-8,17-18H,1-2H2,(H2,12,13,14)/t6-,7?,8+,11?/m0/s1. The molecule has 1 saturated carbocycles. The highest BCUT2D eigenvalue weighted by molar-refractivity contribution is 5.84. The van der Waals surface area contributed by atoms with E-state index in [9.17, 15) is 10.2 Å². The van der Waals surface area contributed by atoms with Crippen molar-refractivity contribution in [3.05, 3.63) is 12.5 Å². The lowest BCUT2D eigenvalue weighted by atomic mass is 10.1. The molecule has 8 heteroatoms. The van der Waals surface area contributed by atoms with Crippen LogP contribution in [0.3, 0.4) is 0 Å². The summed E-state index contributed by atoms with van der Waals surface area (Å²) in [6.45, 7) is 0. The number of aliphatic hydroxyl groups excluding tert-OH is 2. The number of rotatable bonds is 1. The van der Waals surface area contributed by atoms with Crippen LogP contribution in [0.4, 0.5) is 5.82 Å². The Balaban J connectivity index is 1.75. The lowest BCUT2D eigenvalue weighted by molar-refractivity contribution is -0.0617. The van der Waals surface area contributed by atoms with Crippen LogP contribution in [0.15, 0.2) is 12.5 Å². The second kappa shape index (κ2) is 3.41. The third kappa shape index (κ3) is 1.36. The number of nitrogens with two attached hydrogens (primary N) is 1. The minimum absolute atomic E-state index is 0.357. The van der Waals surface area contributed by atoms with Crippen LogP contribution < -0.4 is 5.73 Å². The summed E-state index contributed by atoms with van der Waals surface area (Å²) in [5.41, 5.74) is 5.50. The van der Waals surface area contributed by atoms with E-state index in [4.69, 9.17) is 10.5 Å². The summed E-state index contributed by atoms with van der Waals surface area (Å²) >= 11 is 0. The SMILES string of the molecule is Nc1ncnc2c1cnn2[C@H]1C[C@H](O)C2(CC2O)O1. The molecule has 100 valence electrons. The number of anilines is 1. The molecule has 4 N–H and O–H groups in total. The second-order valence-electron chi connectivity index (χ2n) is 5.08. The van der Waals surface area contributed by atoms with Crippen LogP contribution in [0, 0.1) is 0 Å². The van der Waals surface area contributed by atoms with E-state index < -0.39 is 24.0 Å². The molecule has 0 aromatic carbocycles. The molecule has 2 aliphatic rings. The molecule has 1 spiro atoms. The van der Waals surface area contributed by atoms with Crippen molar-refractivity contribution in [3.63, 3.8) is 0 Å². The highest BCUT2D eigenvalue weighted by atomic mass is 16.6. The van der Waals surface area contributed by atoms with Crippen LogP contribution in [-0.4, -0.2) is 47.8 Å². The summed E-state index contributed by atoms with van der Waals surface area (Å²) in [6.07, 6.45) is 2.04. The topological polar surface area (TPSA) is 119 Å². The monoisotopic (exact) mass is 263 g/mol. The number of hydrogen-bond acceptors (Lipinski definition) is 7. The van der Waals surface area contributed by atoms with Crippen molar-refractivity contribution in [3.8, 4) is 0 Å². The normalized spacial score (nSPS) is 37.3. The molecule has 1 aliphatic carbocycles. The lowest BCUT2D eigenvalue weighted by Gasteiger charge is -2.13. The highest BCUT2D eigenvalue weighted by Crippen LogP contribution is 2.52. The summed E-state index contributed by atoms with van der Waals surface area (Å²) < 4.78 is 7.36. The Morgan fingerprint density at radius 3 is 2.84 bits per heavy atom. The summed E-state index contributed by atoms with van der Waals surface area (Å²) in [6, 6.07) is 0. The second-order valence-corrected chi connectivity index (χ2v) is 5.08. The smallest absolute Gasteiger partial charge is 0.165 e. The van der Waals surface area contributed by atoms with Crippen molar-refractivity contribution in [1.29, 1.82) is 0 Å². The molecule has 0 amide bonds. The van der Waals surface area contributed by atoms with Crippen LogP contribution in [-0.2, 0) is 4.74 Å². The van der Waals surface area contributed by atoms with E-state index in [1.807, 2.05) is 0 Å². The van der Waals surface area contributed by atoms with Gasteiger partial charge < -0.3 is 20.7 Å². The maximum Gasteiger partial charge on any atom is 0.165 e. The van der Waals surface area contributed by atoms with Gasteiger partial charge in [0, 0.05) is 12.8 Å². The van der Waals surface area contributed by atoms with Crippen LogP contribution in [0.5, 0.6) is 0 Å². The van der Waals surface area contributed by atoms with Gasteiger partial charge in [0.25, 0.3) is 0 Å². The van der Waals surface area contributed by atoms with Gasteiger partial charge in [-0.2, -0.15) is 5.10 Å². The minimum Gasteiger partial charge on any atom is -0.390 e. The van der Waals surface area contributed by atoms with E-state index in [0.717, 1.165) is 0 Å². The van der Waals surface area contributed by atoms with Gasteiger partial charge >= 0.3 is 0 Å². The van der Waals surface area contributed by atoms with Gasteiger partial charge in [-0.1, -0.05) is 0 Å². The molecule has 3 heterocycles. The molecule has 1 aliphatic heterocycles.